The lowest BCUT2D eigenvalue weighted by Crippen LogP contribution is -2.35. The molecule has 1 N–H and O–H groups in total. The summed E-state index contributed by atoms with van der Waals surface area (Å²) in [6.45, 7) is 4.79. The van der Waals surface area contributed by atoms with Crippen molar-refractivity contribution < 1.29 is 9.90 Å². The molecule has 0 aliphatic carbocycles. The smallest absolute Gasteiger partial charge is 0.257 e. The topological polar surface area (TPSA) is 53.4 Å². The quantitative estimate of drug-likeness (QED) is 0.561. The van der Waals surface area contributed by atoms with Crippen LogP contribution in [0.4, 0.5) is 0 Å². The number of nitrogens with zero attached hydrogens (tertiary/aromatic N) is 2. The summed E-state index contributed by atoms with van der Waals surface area (Å²) in [4.78, 5) is 19.5. The molecular formula is C24H25ClN2O2. The van der Waals surface area contributed by atoms with Gasteiger partial charge in [-0.1, -0.05) is 78.7 Å². The van der Waals surface area contributed by atoms with Gasteiger partial charge in [0.1, 0.15) is 5.15 Å². The van der Waals surface area contributed by atoms with E-state index in [-0.39, 0.29) is 23.6 Å². The van der Waals surface area contributed by atoms with E-state index in [2.05, 4.69) is 4.98 Å². The van der Waals surface area contributed by atoms with Crippen LogP contribution in [0.2, 0.25) is 5.15 Å². The van der Waals surface area contributed by atoms with Crippen LogP contribution in [0.15, 0.2) is 66.9 Å². The van der Waals surface area contributed by atoms with Crippen molar-refractivity contribution in [2.24, 2.45) is 5.92 Å². The summed E-state index contributed by atoms with van der Waals surface area (Å²) < 4.78 is 0. The molecule has 0 fully saturated rings. The summed E-state index contributed by atoms with van der Waals surface area (Å²) in [6, 6.07) is 19.6. The number of carbonyl (C=O) groups excluding carboxylic acids is 1. The number of aliphatic hydroxyl groups is 1. The lowest BCUT2D eigenvalue weighted by molar-refractivity contribution is 0.0695. The second-order valence-electron chi connectivity index (χ2n) is 7.35. The number of halogens is 1. The van der Waals surface area contributed by atoms with Crippen LogP contribution in [-0.2, 0) is 6.54 Å². The van der Waals surface area contributed by atoms with E-state index in [1.165, 1.54) is 0 Å². The first-order chi connectivity index (χ1) is 14.0. The molecule has 1 amide bonds. The van der Waals surface area contributed by atoms with Crippen LogP contribution in [0.25, 0.3) is 11.1 Å². The largest absolute Gasteiger partial charge is 0.396 e. The van der Waals surface area contributed by atoms with Gasteiger partial charge in [0.2, 0.25) is 0 Å². The van der Waals surface area contributed by atoms with E-state index < -0.39 is 0 Å². The highest BCUT2D eigenvalue weighted by atomic mass is 35.5. The fourth-order valence-corrected chi connectivity index (χ4v) is 3.47. The Morgan fingerprint density at radius 3 is 2.45 bits per heavy atom. The SMILES string of the molecule is Cc1ccc(-c2ccnc(Cl)c2C(=O)N(Cc2ccccc2)CC(C)CO)cc1. The molecule has 0 saturated heterocycles. The van der Waals surface area contributed by atoms with E-state index in [9.17, 15) is 9.90 Å². The van der Waals surface area contributed by atoms with Gasteiger partial charge in [-0.3, -0.25) is 4.79 Å². The zero-order chi connectivity index (χ0) is 20.8. The molecule has 5 heteroatoms. The molecule has 29 heavy (non-hydrogen) atoms. The van der Waals surface area contributed by atoms with Gasteiger partial charge in [-0.05, 0) is 35.6 Å². The predicted molar refractivity (Wildman–Crippen MR) is 117 cm³/mol. The fraction of sp³-hybridized carbons (Fsp3) is 0.250. The van der Waals surface area contributed by atoms with Crippen LogP contribution in [0, 0.1) is 12.8 Å². The maximum atomic E-state index is 13.6. The number of amides is 1. The molecule has 0 bridgehead atoms. The number of carbonyl (C=O) groups is 1. The molecule has 0 spiro atoms. The highest BCUT2D eigenvalue weighted by Gasteiger charge is 2.24. The third-order valence-electron chi connectivity index (χ3n) is 4.83. The second-order valence-corrected chi connectivity index (χ2v) is 7.71. The third-order valence-corrected chi connectivity index (χ3v) is 5.11. The van der Waals surface area contributed by atoms with Crippen molar-refractivity contribution in [1.29, 1.82) is 0 Å². The van der Waals surface area contributed by atoms with Crippen molar-refractivity contribution in [1.82, 2.24) is 9.88 Å². The zero-order valence-corrected chi connectivity index (χ0v) is 17.4. The maximum absolute atomic E-state index is 13.6. The minimum Gasteiger partial charge on any atom is -0.396 e. The number of aromatic nitrogens is 1. The Kier molecular flexibility index (Phi) is 7.02. The van der Waals surface area contributed by atoms with Crippen molar-refractivity contribution in [2.45, 2.75) is 20.4 Å². The first-order valence-electron chi connectivity index (χ1n) is 9.65. The van der Waals surface area contributed by atoms with Gasteiger partial charge in [0, 0.05) is 25.9 Å². The number of hydrogen-bond acceptors (Lipinski definition) is 3. The predicted octanol–water partition coefficient (Wildman–Crippen LogP) is 4.98. The van der Waals surface area contributed by atoms with Crippen LogP contribution in [0.1, 0.15) is 28.4 Å². The Bertz CT molecular complexity index is 958. The highest BCUT2D eigenvalue weighted by Crippen LogP contribution is 2.30. The van der Waals surface area contributed by atoms with Gasteiger partial charge in [-0.15, -0.1) is 0 Å². The summed E-state index contributed by atoms with van der Waals surface area (Å²) in [5.74, 6) is -0.247. The summed E-state index contributed by atoms with van der Waals surface area (Å²) in [5, 5.41) is 9.72. The molecule has 1 atom stereocenters. The molecule has 4 nitrogen and oxygen atoms in total. The van der Waals surface area contributed by atoms with Crippen LogP contribution in [0.5, 0.6) is 0 Å². The summed E-state index contributed by atoms with van der Waals surface area (Å²) in [7, 11) is 0. The molecule has 1 aromatic heterocycles. The summed E-state index contributed by atoms with van der Waals surface area (Å²) in [6.07, 6.45) is 1.62. The molecule has 1 unspecified atom stereocenters. The average molecular weight is 409 g/mol. The van der Waals surface area contributed by atoms with Crippen LogP contribution < -0.4 is 0 Å². The highest BCUT2D eigenvalue weighted by molar-refractivity contribution is 6.33. The number of hydrogen-bond donors (Lipinski definition) is 1. The summed E-state index contributed by atoms with van der Waals surface area (Å²) in [5.41, 5.74) is 4.22. The van der Waals surface area contributed by atoms with Gasteiger partial charge < -0.3 is 10.0 Å². The van der Waals surface area contributed by atoms with Crippen molar-refractivity contribution >= 4 is 17.5 Å². The van der Waals surface area contributed by atoms with Gasteiger partial charge in [0.25, 0.3) is 5.91 Å². The molecule has 2 aromatic carbocycles. The van der Waals surface area contributed by atoms with Gasteiger partial charge >= 0.3 is 0 Å². The molecule has 3 rings (SSSR count). The molecule has 150 valence electrons. The first kappa shape index (κ1) is 21.0. The summed E-state index contributed by atoms with van der Waals surface area (Å²) >= 11 is 6.41. The Hall–Kier alpha value is -2.69. The molecular weight excluding hydrogens is 384 g/mol. The van der Waals surface area contributed by atoms with Gasteiger partial charge in [0.15, 0.2) is 0 Å². The molecule has 0 saturated carbocycles. The average Bonchev–Trinajstić information content (AvgIpc) is 2.74. The second kappa shape index (κ2) is 9.68. The van der Waals surface area contributed by atoms with E-state index in [1.807, 2.05) is 74.5 Å². The van der Waals surface area contributed by atoms with Gasteiger partial charge in [0.05, 0.1) is 5.56 Å². The zero-order valence-electron chi connectivity index (χ0n) is 16.7. The number of pyridine rings is 1. The van der Waals surface area contributed by atoms with Crippen molar-refractivity contribution in [2.75, 3.05) is 13.2 Å². The standard InChI is InChI=1S/C24H25ClN2O2/c1-17-8-10-20(11-9-17)21-12-13-26-23(25)22(21)24(29)27(14-18(2)16-28)15-19-6-4-3-5-7-19/h3-13,18,28H,14-16H2,1-2H3. The third kappa shape index (κ3) is 5.22. The minimum absolute atomic E-state index is 0.00413. The molecule has 3 aromatic rings. The number of aliphatic hydroxyl groups excluding tert-OH is 1. The van der Waals surface area contributed by atoms with Crippen molar-refractivity contribution in [3.8, 4) is 11.1 Å². The first-order valence-corrected chi connectivity index (χ1v) is 10.0. The number of rotatable bonds is 7. The van der Waals surface area contributed by atoms with E-state index in [0.717, 1.165) is 22.3 Å². The maximum Gasteiger partial charge on any atom is 0.257 e. The Balaban J connectivity index is 2.01. The van der Waals surface area contributed by atoms with Crippen LogP contribution in [0.3, 0.4) is 0 Å². The Morgan fingerprint density at radius 2 is 1.79 bits per heavy atom. The Labute approximate surface area is 176 Å². The van der Waals surface area contributed by atoms with Gasteiger partial charge in [-0.25, -0.2) is 4.98 Å². The number of aryl methyl sites for hydroxylation is 1. The van der Waals surface area contributed by atoms with E-state index >= 15 is 0 Å². The van der Waals surface area contributed by atoms with Gasteiger partial charge in [-0.2, -0.15) is 0 Å². The molecule has 0 aliphatic rings. The lowest BCUT2D eigenvalue weighted by Gasteiger charge is -2.27. The monoisotopic (exact) mass is 408 g/mol. The van der Waals surface area contributed by atoms with Crippen LogP contribution in [-0.4, -0.2) is 34.0 Å². The molecule has 1 heterocycles. The fourth-order valence-electron chi connectivity index (χ4n) is 3.23. The lowest BCUT2D eigenvalue weighted by atomic mass is 9.99. The van der Waals surface area contributed by atoms with E-state index in [0.29, 0.717) is 18.7 Å². The van der Waals surface area contributed by atoms with E-state index in [1.54, 1.807) is 11.1 Å². The van der Waals surface area contributed by atoms with Crippen LogP contribution >= 0.6 is 11.6 Å². The Morgan fingerprint density at radius 1 is 1.10 bits per heavy atom. The van der Waals surface area contributed by atoms with Crippen molar-refractivity contribution in [3.05, 3.63) is 88.7 Å². The normalized spacial score (nSPS) is 11.9. The minimum atomic E-state index is -0.192. The van der Waals surface area contributed by atoms with Crippen molar-refractivity contribution in [3.63, 3.8) is 0 Å². The van der Waals surface area contributed by atoms with E-state index in [4.69, 9.17) is 11.6 Å². The molecule has 0 aliphatic heterocycles. The molecule has 0 radical (unpaired) electrons. The number of benzene rings is 2.